The maximum atomic E-state index is 13.2. The molecule has 1 amide bonds. The average molecular weight is 488 g/mol. The second-order valence-corrected chi connectivity index (χ2v) is 10.0. The molecule has 0 saturated heterocycles. The highest BCUT2D eigenvalue weighted by atomic mass is 32.2. The maximum absolute atomic E-state index is 13.2. The Hall–Kier alpha value is -2.39. The molecule has 0 spiro atoms. The van der Waals surface area contributed by atoms with Crippen LogP contribution in [0.15, 0.2) is 34.2 Å². The minimum atomic E-state index is -0.131. The number of carbonyl (C=O) groups excluding carboxylic acids is 1. The van der Waals surface area contributed by atoms with Crippen LogP contribution in [0.2, 0.25) is 0 Å². The fourth-order valence-electron chi connectivity index (χ4n) is 3.51. The number of rotatable bonds is 11. The van der Waals surface area contributed by atoms with Crippen LogP contribution in [0.3, 0.4) is 0 Å². The molecule has 0 aliphatic rings. The van der Waals surface area contributed by atoms with Crippen molar-refractivity contribution in [3.63, 3.8) is 0 Å². The zero-order chi connectivity index (χ0) is 24.0. The van der Waals surface area contributed by atoms with E-state index in [4.69, 9.17) is 0 Å². The SMILES string of the molecule is CCCCc1ccc(NC(=O)CSc2nc3nc(N(CC)CC)sc3c(=O)n2C(C)C)cc1. The van der Waals surface area contributed by atoms with E-state index in [1.165, 1.54) is 28.7 Å². The normalized spacial score (nSPS) is 11.3. The second-order valence-electron chi connectivity index (χ2n) is 8.12. The Balaban J connectivity index is 1.76. The molecule has 0 fully saturated rings. The molecule has 178 valence electrons. The molecule has 0 radical (unpaired) electrons. The number of hydrogen-bond acceptors (Lipinski definition) is 7. The number of aromatic nitrogens is 3. The van der Waals surface area contributed by atoms with Gasteiger partial charge in [-0.2, -0.15) is 4.98 Å². The van der Waals surface area contributed by atoms with Crippen molar-refractivity contribution in [2.24, 2.45) is 0 Å². The van der Waals surface area contributed by atoms with Crippen molar-refractivity contribution in [3.05, 3.63) is 40.2 Å². The molecule has 0 unspecified atom stereocenters. The van der Waals surface area contributed by atoms with E-state index in [-0.39, 0.29) is 23.3 Å². The topological polar surface area (TPSA) is 80.1 Å². The van der Waals surface area contributed by atoms with Gasteiger partial charge in [0.25, 0.3) is 5.56 Å². The minimum absolute atomic E-state index is 0.0744. The highest BCUT2D eigenvalue weighted by molar-refractivity contribution is 7.99. The second kappa shape index (κ2) is 11.7. The molecule has 9 heteroatoms. The third kappa shape index (κ3) is 6.14. The third-order valence-electron chi connectivity index (χ3n) is 5.36. The number of carbonyl (C=O) groups is 1. The number of hydrogen-bond donors (Lipinski definition) is 1. The first kappa shape index (κ1) is 25.2. The van der Waals surface area contributed by atoms with Crippen LogP contribution in [-0.4, -0.2) is 39.3 Å². The van der Waals surface area contributed by atoms with Gasteiger partial charge in [-0.05, 0) is 58.2 Å². The van der Waals surface area contributed by atoms with Gasteiger partial charge in [0.1, 0.15) is 4.70 Å². The first-order chi connectivity index (χ1) is 15.9. The van der Waals surface area contributed by atoms with Gasteiger partial charge in [-0.1, -0.05) is 48.6 Å². The van der Waals surface area contributed by atoms with Crippen LogP contribution in [0, 0.1) is 0 Å². The van der Waals surface area contributed by atoms with Gasteiger partial charge < -0.3 is 10.2 Å². The Kier molecular flexibility index (Phi) is 8.91. The van der Waals surface area contributed by atoms with Crippen molar-refractivity contribution < 1.29 is 4.79 Å². The van der Waals surface area contributed by atoms with Crippen molar-refractivity contribution in [2.45, 2.75) is 65.1 Å². The van der Waals surface area contributed by atoms with Crippen molar-refractivity contribution >= 4 is 50.2 Å². The van der Waals surface area contributed by atoms with Gasteiger partial charge in [0.2, 0.25) is 5.91 Å². The summed E-state index contributed by atoms with van der Waals surface area (Å²) in [6.45, 7) is 11.8. The van der Waals surface area contributed by atoms with E-state index in [1.54, 1.807) is 4.57 Å². The molecule has 2 heterocycles. The van der Waals surface area contributed by atoms with Gasteiger partial charge in [-0.15, -0.1) is 0 Å². The molecule has 0 aliphatic carbocycles. The zero-order valence-electron chi connectivity index (χ0n) is 20.1. The minimum Gasteiger partial charge on any atom is -0.349 e. The van der Waals surface area contributed by atoms with Crippen LogP contribution in [-0.2, 0) is 11.2 Å². The lowest BCUT2D eigenvalue weighted by atomic mass is 10.1. The standard InChI is InChI=1S/C24H33N5O2S2/c1-6-9-10-17-11-13-18(14-12-17)25-19(30)15-32-24-27-21-20(22(31)29(24)16(4)5)33-23(26-21)28(7-2)8-3/h11-14,16H,6-10,15H2,1-5H3,(H,25,30). The fourth-order valence-corrected chi connectivity index (χ4v) is 5.49. The number of fused-ring (bicyclic) bond motifs is 1. The predicted molar refractivity (Wildman–Crippen MR) is 140 cm³/mol. The van der Waals surface area contributed by atoms with E-state index in [9.17, 15) is 9.59 Å². The van der Waals surface area contributed by atoms with Crippen LogP contribution < -0.4 is 15.8 Å². The average Bonchev–Trinajstić information content (AvgIpc) is 3.22. The summed E-state index contributed by atoms with van der Waals surface area (Å²) in [6, 6.07) is 7.91. The Morgan fingerprint density at radius 2 is 1.85 bits per heavy atom. The number of nitrogens with one attached hydrogen (secondary N) is 1. The lowest BCUT2D eigenvalue weighted by molar-refractivity contribution is -0.113. The Labute approximate surface area is 203 Å². The highest BCUT2D eigenvalue weighted by Gasteiger charge is 2.20. The Morgan fingerprint density at radius 3 is 2.45 bits per heavy atom. The number of unbranched alkanes of at least 4 members (excludes halogenated alkanes) is 1. The van der Waals surface area contributed by atoms with Gasteiger partial charge in [-0.25, -0.2) is 4.98 Å². The summed E-state index contributed by atoms with van der Waals surface area (Å²) in [5.74, 6) is 0.0306. The van der Waals surface area contributed by atoms with Crippen molar-refractivity contribution in [1.29, 1.82) is 0 Å². The molecule has 0 bridgehead atoms. The van der Waals surface area contributed by atoms with E-state index in [2.05, 4.69) is 53.1 Å². The summed E-state index contributed by atoms with van der Waals surface area (Å²) in [5.41, 5.74) is 2.40. The van der Waals surface area contributed by atoms with Crippen molar-refractivity contribution in [2.75, 3.05) is 29.1 Å². The van der Waals surface area contributed by atoms with Crippen LogP contribution in [0.5, 0.6) is 0 Å². The third-order valence-corrected chi connectivity index (χ3v) is 7.40. The van der Waals surface area contributed by atoms with Crippen LogP contribution >= 0.6 is 23.1 Å². The number of thiazole rings is 1. The molecule has 2 aromatic heterocycles. The first-order valence-electron chi connectivity index (χ1n) is 11.6. The lowest BCUT2D eigenvalue weighted by Crippen LogP contribution is -2.25. The summed E-state index contributed by atoms with van der Waals surface area (Å²) in [7, 11) is 0. The van der Waals surface area contributed by atoms with Gasteiger partial charge in [0.15, 0.2) is 15.9 Å². The predicted octanol–water partition coefficient (Wildman–Crippen LogP) is 5.35. The van der Waals surface area contributed by atoms with E-state index in [1.807, 2.05) is 26.0 Å². The lowest BCUT2D eigenvalue weighted by Gasteiger charge is -2.15. The summed E-state index contributed by atoms with van der Waals surface area (Å²) in [6.07, 6.45) is 3.37. The number of aryl methyl sites for hydroxylation is 1. The van der Waals surface area contributed by atoms with E-state index < -0.39 is 0 Å². The molecular weight excluding hydrogens is 454 g/mol. The molecule has 1 aromatic carbocycles. The van der Waals surface area contributed by atoms with E-state index in [0.717, 1.165) is 43.2 Å². The smallest absolute Gasteiger partial charge is 0.274 e. The van der Waals surface area contributed by atoms with Crippen molar-refractivity contribution in [1.82, 2.24) is 14.5 Å². The maximum Gasteiger partial charge on any atom is 0.274 e. The van der Waals surface area contributed by atoms with Crippen LogP contribution in [0.1, 0.15) is 59.1 Å². The molecule has 3 aromatic rings. The van der Waals surface area contributed by atoms with E-state index in [0.29, 0.717) is 15.5 Å². The van der Waals surface area contributed by atoms with Gasteiger partial charge in [0, 0.05) is 24.8 Å². The summed E-state index contributed by atoms with van der Waals surface area (Å²) >= 11 is 2.65. The quantitative estimate of drug-likeness (QED) is 0.290. The molecule has 3 rings (SSSR count). The molecule has 0 aliphatic heterocycles. The molecular formula is C24H33N5O2S2. The number of benzene rings is 1. The monoisotopic (exact) mass is 487 g/mol. The van der Waals surface area contributed by atoms with Crippen LogP contribution in [0.25, 0.3) is 10.3 Å². The molecule has 33 heavy (non-hydrogen) atoms. The van der Waals surface area contributed by atoms with Gasteiger partial charge in [0.05, 0.1) is 5.75 Å². The Bertz CT molecular complexity index is 1130. The summed E-state index contributed by atoms with van der Waals surface area (Å²) in [5, 5.41) is 4.26. The zero-order valence-corrected chi connectivity index (χ0v) is 21.7. The van der Waals surface area contributed by atoms with Gasteiger partial charge >= 0.3 is 0 Å². The summed E-state index contributed by atoms with van der Waals surface area (Å²) in [4.78, 5) is 37.2. The molecule has 0 saturated carbocycles. The molecule has 1 N–H and O–H groups in total. The Morgan fingerprint density at radius 1 is 1.15 bits per heavy atom. The highest BCUT2D eigenvalue weighted by Crippen LogP contribution is 2.28. The number of anilines is 2. The van der Waals surface area contributed by atoms with Crippen molar-refractivity contribution in [3.8, 4) is 0 Å². The number of thioether (sulfide) groups is 1. The molecule has 0 atom stereocenters. The number of amides is 1. The number of nitrogens with zero attached hydrogens (tertiary/aromatic N) is 4. The van der Waals surface area contributed by atoms with Gasteiger partial charge in [-0.3, -0.25) is 14.2 Å². The molecule has 7 nitrogen and oxygen atoms in total. The van der Waals surface area contributed by atoms with Crippen LogP contribution in [0.4, 0.5) is 10.8 Å². The summed E-state index contributed by atoms with van der Waals surface area (Å²) < 4.78 is 2.22. The van der Waals surface area contributed by atoms with E-state index >= 15 is 0 Å². The fraction of sp³-hybridized carbons (Fsp3) is 0.500. The largest absolute Gasteiger partial charge is 0.349 e. The first-order valence-corrected chi connectivity index (χ1v) is 13.4.